The maximum absolute atomic E-state index is 12.6. The molecule has 1 heterocycles. The molecule has 0 bridgehead atoms. The molecule has 124 valence electrons. The first-order valence-electron chi connectivity index (χ1n) is 7.76. The summed E-state index contributed by atoms with van der Waals surface area (Å²) >= 11 is 0. The van der Waals surface area contributed by atoms with Gasteiger partial charge in [-0.25, -0.2) is 0 Å². The highest BCUT2D eigenvalue weighted by molar-refractivity contribution is 6.17. The van der Waals surface area contributed by atoms with Crippen molar-refractivity contribution in [2.75, 3.05) is 19.1 Å². The van der Waals surface area contributed by atoms with Crippen LogP contribution in [-0.4, -0.2) is 26.0 Å². The summed E-state index contributed by atoms with van der Waals surface area (Å²) in [6, 6.07) is 14.7. The number of piperidine rings is 1. The molecule has 1 aliphatic heterocycles. The Bertz CT molecular complexity index is 739. The van der Waals surface area contributed by atoms with Crippen molar-refractivity contribution in [3.63, 3.8) is 0 Å². The van der Waals surface area contributed by atoms with Gasteiger partial charge in [0.05, 0.1) is 19.9 Å². The van der Waals surface area contributed by atoms with Gasteiger partial charge in [0, 0.05) is 24.8 Å². The van der Waals surface area contributed by atoms with Gasteiger partial charge in [0.25, 0.3) is 0 Å². The number of rotatable bonds is 4. The second-order valence-electron chi connectivity index (χ2n) is 5.68. The zero-order valence-corrected chi connectivity index (χ0v) is 13.7. The van der Waals surface area contributed by atoms with E-state index in [1.165, 1.54) is 12.0 Å². The average Bonchev–Trinajstić information content (AvgIpc) is 2.61. The molecule has 0 unspecified atom stereocenters. The number of anilines is 1. The van der Waals surface area contributed by atoms with Gasteiger partial charge in [0.15, 0.2) is 11.5 Å². The summed E-state index contributed by atoms with van der Waals surface area (Å²) < 4.78 is 10.4. The van der Waals surface area contributed by atoms with Gasteiger partial charge in [-0.05, 0) is 17.7 Å². The standard InChI is InChI=1S/C19H19NO4/c1-23-16-9-8-15(12-17(16)24-2)20-18(21)10-14(11-19(20)22)13-6-4-3-5-7-13/h3-9,12,14H,10-11H2,1-2H3. The summed E-state index contributed by atoms with van der Waals surface area (Å²) in [4.78, 5) is 26.4. The van der Waals surface area contributed by atoms with Crippen LogP contribution in [0, 0.1) is 0 Å². The van der Waals surface area contributed by atoms with Crippen molar-refractivity contribution in [3.8, 4) is 11.5 Å². The summed E-state index contributed by atoms with van der Waals surface area (Å²) in [6.45, 7) is 0. The van der Waals surface area contributed by atoms with Crippen LogP contribution in [0.25, 0.3) is 0 Å². The van der Waals surface area contributed by atoms with E-state index >= 15 is 0 Å². The quantitative estimate of drug-likeness (QED) is 0.810. The lowest BCUT2D eigenvalue weighted by Crippen LogP contribution is -2.42. The molecule has 5 heteroatoms. The van der Waals surface area contributed by atoms with Crippen LogP contribution >= 0.6 is 0 Å². The second-order valence-corrected chi connectivity index (χ2v) is 5.68. The minimum absolute atomic E-state index is 0.0670. The number of benzene rings is 2. The molecule has 24 heavy (non-hydrogen) atoms. The molecule has 2 aromatic rings. The van der Waals surface area contributed by atoms with Gasteiger partial charge in [-0.2, -0.15) is 0 Å². The Labute approximate surface area is 140 Å². The number of amides is 2. The molecule has 1 saturated heterocycles. The Morgan fingerprint density at radius 1 is 0.875 bits per heavy atom. The third kappa shape index (κ3) is 2.97. The molecule has 3 rings (SSSR count). The molecule has 2 amide bonds. The summed E-state index contributed by atoms with van der Waals surface area (Å²) in [6.07, 6.45) is 0.619. The molecule has 1 aliphatic rings. The van der Waals surface area contributed by atoms with Crippen molar-refractivity contribution in [1.29, 1.82) is 0 Å². The summed E-state index contributed by atoms with van der Waals surface area (Å²) in [7, 11) is 3.06. The number of methoxy groups -OCH3 is 2. The van der Waals surface area contributed by atoms with Crippen molar-refractivity contribution in [3.05, 3.63) is 54.1 Å². The molecular formula is C19H19NO4. The highest BCUT2D eigenvalue weighted by atomic mass is 16.5. The fourth-order valence-corrected chi connectivity index (χ4v) is 3.03. The topological polar surface area (TPSA) is 55.8 Å². The SMILES string of the molecule is COc1ccc(N2C(=O)CC(c3ccccc3)CC2=O)cc1OC. The van der Waals surface area contributed by atoms with Crippen molar-refractivity contribution in [2.24, 2.45) is 0 Å². The fraction of sp³-hybridized carbons (Fsp3) is 0.263. The third-order valence-corrected chi connectivity index (χ3v) is 4.24. The fourth-order valence-electron chi connectivity index (χ4n) is 3.03. The number of carbonyl (C=O) groups is 2. The summed E-state index contributed by atoms with van der Waals surface area (Å²) in [5.74, 6) is 0.573. The number of nitrogens with zero attached hydrogens (tertiary/aromatic N) is 1. The van der Waals surface area contributed by atoms with Crippen molar-refractivity contribution in [1.82, 2.24) is 0 Å². The Kier molecular flexibility index (Phi) is 4.51. The predicted octanol–water partition coefficient (Wildman–Crippen LogP) is 3.14. The van der Waals surface area contributed by atoms with E-state index in [0.717, 1.165) is 5.56 Å². The lowest BCUT2D eigenvalue weighted by atomic mass is 9.88. The molecule has 0 spiro atoms. The van der Waals surface area contributed by atoms with Crippen molar-refractivity contribution < 1.29 is 19.1 Å². The molecule has 5 nitrogen and oxygen atoms in total. The predicted molar refractivity (Wildman–Crippen MR) is 90.5 cm³/mol. The molecular weight excluding hydrogens is 306 g/mol. The van der Waals surface area contributed by atoms with E-state index in [9.17, 15) is 9.59 Å². The van der Waals surface area contributed by atoms with E-state index in [1.807, 2.05) is 30.3 Å². The van der Waals surface area contributed by atoms with E-state index in [-0.39, 0.29) is 17.7 Å². The minimum Gasteiger partial charge on any atom is -0.493 e. The van der Waals surface area contributed by atoms with E-state index < -0.39 is 0 Å². The van der Waals surface area contributed by atoms with Crippen LogP contribution in [0.4, 0.5) is 5.69 Å². The maximum atomic E-state index is 12.6. The highest BCUT2D eigenvalue weighted by Crippen LogP contribution is 2.36. The zero-order chi connectivity index (χ0) is 17.1. The van der Waals surface area contributed by atoms with Crippen molar-refractivity contribution in [2.45, 2.75) is 18.8 Å². The van der Waals surface area contributed by atoms with Crippen LogP contribution in [0.15, 0.2) is 48.5 Å². The van der Waals surface area contributed by atoms with Crippen LogP contribution < -0.4 is 14.4 Å². The molecule has 2 aromatic carbocycles. The zero-order valence-electron chi connectivity index (χ0n) is 13.7. The molecule has 0 atom stereocenters. The van der Waals surface area contributed by atoms with Gasteiger partial charge in [0.1, 0.15) is 0 Å². The molecule has 0 saturated carbocycles. The van der Waals surface area contributed by atoms with Gasteiger partial charge in [0.2, 0.25) is 11.8 Å². The number of imide groups is 1. The van der Waals surface area contributed by atoms with Crippen LogP contribution in [0.3, 0.4) is 0 Å². The van der Waals surface area contributed by atoms with Crippen molar-refractivity contribution >= 4 is 17.5 Å². The van der Waals surface area contributed by atoms with Crippen LogP contribution in [-0.2, 0) is 9.59 Å². The molecule has 0 radical (unpaired) electrons. The number of carbonyl (C=O) groups excluding carboxylic acids is 2. The largest absolute Gasteiger partial charge is 0.493 e. The first-order chi connectivity index (χ1) is 11.6. The average molecular weight is 325 g/mol. The van der Waals surface area contributed by atoms with E-state index in [0.29, 0.717) is 30.0 Å². The first-order valence-corrected chi connectivity index (χ1v) is 7.76. The molecule has 0 aromatic heterocycles. The van der Waals surface area contributed by atoms with E-state index in [4.69, 9.17) is 9.47 Å². The highest BCUT2D eigenvalue weighted by Gasteiger charge is 2.34. The Balaban J connectivity index is 1.86. The Morgan fingerprint density at radius 2 is 1.50 bits per heavy atom. The molecule has 0 aliphatic carbocycles. The number of ether oxygens (including phenoxy) is 2. The van der Waals surface area contributed by atoms with Gasteiger partial charge < -0.3 is 9.47 Å². The van der Waals surface area contributed by atoms with Crippen LogP contribution in [0.1, 0.15) is 24.3 Å². The molecule has 0 N–H and O–H groups in total. The Morgan fingerprint density at radius 3 is 2.08 bits per heavy atom. The summed E-state index contributed by atoms with van der Waals surface area (Å²) in [5.41, 5.74) is 1.53. The maximum Gasteiger partial charge on any atom is 0.234 e. The van der Waals surface area contributed by atoms with E-state index in [1.54, 1.807) is 25.3 Å². The monoisotopic (exact) mass is 325 g/mol. The summed E-state index contributed by atoms with van der Waals surface area (Å²) in [5, 5.41) is 0. The second kappa shape index (κ2) is 6.74. The lowest BCUT2D eigenvalue weighted by molar-refractivity contribution is -0.129. The lowest BCUT2D eigenvalue weighted by Gasteiger charge is -2.30. The first kappa shape index (κ1) is 16.1. The number of hydrogen-bond acceptors (Lipinski definition) is 4. The Hall–Kier alpha value is -2.82. The number of hydrogen-bond donors (Lipinski definition) is 0. The third-order valence-electron chi connectivity index (χ3n) is 4.24. The van der Waals surface area contributed by atoms with Gasteiger partial charge in [-0.1, -0.05) is 30.3 Å². The molecule has 1 fully saturated rings. The van der Waals surface area contributed by atoms with E-state index in [2.05, 4.69) is 0 Å². The smallest absolute Gasteiger partial charge is 0.234 e. The van der Waals surface area contributed by atoms with Crippen LogP contribution in [0.5, 0.6) is 11.5 Å². The minimum atomic E-state index is -0.202. The van der Waals surface area contributed by atoms with Gasteiger partial charge in [-0.3, -0.25) is 14.5 Å². The van der Waals surface area contributed by atoms with Gasteiger partial charge >= 0.3 is 0 Å². The van der Waals surface area contributed by atoms with Crippen LogP contribution in [0.2, 0.25) is 0 Å². The normalized spacial score (nSPS) is 15.5. The van der Waals surface area contributed by atoms with Gasteiger partial charge in [-0.15, -0.1) is 0 Å².